The average Bonchev–Trinajstić information content (AvgIpc) is 2.45. The van der Waals surface area contributed by atoms with Crippen molar-refractivity contribution in [1.82, 2.24) is 14.7 Å². The summed E-state index contributed by atoms with van der Waals surface area (Å²) in [5, 5.41) is 0. The molecule has 5 nitrogen and oxygen atoms in total. The number of likely N-dealkylation sites (N-methyl/N-ethyl adjacent to an activating group) is 1. The molecule has 0 aromatic rings. The molecule has 116 valence electrons. The van der Waals surface area contributed by atoms with Crippen LogP contribution in [-0.4, -0.2) is 72.8 Å². The van der Waals surface area contributed by atoms with Gasteiger partial charge in [-0.3, -0.25) is 9.59 Å². The Morgan fingerprint density at radius 1 is 1.05 bits per heavy atom. The van der Waals surface area contributed by atoms with Crippen LogP contribution in [0.1, 0.15) is 39.5 Å². The number of amides is 2. The van der Waals surface area contributed by atoms with Crippen LogP contribution in [0, 0.1) is 0 Å². The number of nitrogens with zero attached hydrogens (tertiary/aromatic N) is 3. The predicted octanol–water partition coefficient (Wildman–Crippen LogP) is 1.19. The highest BCUT2D eigenvalue weighted by atomic mass is 16.2. The van der Waals surface area contributed by atoms with Gasteiger partial charge in [0.1, 0.15) is 0 Å². The highest BCUT2D eigenvalue weighted by molar-refractivity contribution is 6.34. The molecule has 1 heterocycles. The minimum atomic E-state index is -0.346. The summed E-state index contributed by atoms with van der Waals surface area (Å²) in [6.45, 7) is 7.37. The van der Waals surface area contributed by atoms with Crippen molar-refractivity contribution >= 4 is 11.8 Å². The van der Waals surface area contributed by atoms with E-state index in [4.69, 9.17) is 0 Å². The van der Waals surface area contributed by atoms with E-state index in [0.29, 0.717) is 13.1 Å². The number of piperidine rings is 1. The van der Waals surface area contributed by atoms with Gasteiger partial charge >= 0.3 is 11.8 Å². The molecule has 0 aromatic heterocycles. The third-order valence-electron chi connectivity index (χ3n) is 4.01. The lowest BCUT2D eigenvalue weighted by molar-refractivity contribution is -0.152. The van der Waals surface area contributed by atoms with Crippen LogP contribution in [0.25, 0.3) is 0 Å². The summed E-state index contributed by atoms with van der Waals surface area (Å²) in [5.41, 5.74) is 0. The SMILES string of the molecule is CCCN(CCC)C(=O)C(=O)N(C)C1CCN(C)CC1. The lowest BCUT2D eigenvalue weighted by Crippen LogP contribution is -2.50. The van der Waals surface area contributed by atoms with Crippen LogP contribution in [0.15, 0.2) is 0 Å². The Hall–Kier alpha value is -1.10. The molecule has 0 spiro atoms. The summed E-state index contributed by atoms with van der Waals surface area (Å²) in [5.74, 6) is -0.684. The average molecular weight is 283 g/mol. The molecule has 1 rings (SSSR count). The second-order valence-electron chi connectivity index (χ2n) is 5.74. The molecular weight excluding hydrogens is 254 g/mol. The first-order valence-electron chi connectivity index (χ1n) is 7.75. The molecule has 0 aliphatic carbocycles. The van der Waals surface area contributed by atoms with Crippen molar-refractivity contribution in [1.29, 1.82) is 0 Å². The van der Waals surface area contributed by atoms with Gasteiger partial charge in [-0.25, -0.2) is 0 Å². The maximum Gasteiger partial charge on any atom is 0.312 e. The third kappa shape index (κ3) is 4.47. The van der Waals surface area contributed by atoms with Gasteiger partial charge in [0.2, 0.25) is 0 Å². The van der Waals surface area contributed by atoms with E-state index < -0.39 is 0 Å². The molecule has 1 aliphatic heterocycles. The van der Waals surface area contributed by atoms with Crippen LogP contribution >= 0.6 is 0 Å². The molecule has 20 heavy (non-hydrogen) atoms. The van der Waals surface area contributed by atoms with E-state index in [1.807, 2.05) is 13.8 Å². The molecule has 0 bridgehead atoms. The first-order valence-corrected chi connectivity index (χ1v) is 7.75. The van der Waals surface area contributed by atoms with Crippen molar-refractivity contribution in [3.8, 4) is 0 Å². The lowest BCUT2D eigenvalue weighted by Gasteiger charge is -2.35. The Morgan fingerprint density at radius 2 is 1.55 bits per heavy atom. The summed E-state index contributed by atoms with van der Waals surface area (Å²) in [6, 6.07) is 0.202. The van der Waals surface area contributed by atoms with Crippen molar-refractivity contribution in [3.05, 3.63) is 0 Å². The largest absolute Gasteiger partial charge is 0.334 e. The monoisotopic (exact) mass is 283 g/mol. The molecule has 0 radical (unpaired) electrons. The molecule has 1 fully saturated rings. The van der Waals surface area contributed by atoms with Gasteiger partial charge in [-0.05, 0) is 45.8 Å². The first kappa shape index (κ1) is 17.0. The van der Waals surface area contributed by atoms with E-state index in [1.54, 1.807) is 16.8 Å². The standard InChI is InChI=1S/C15H29N3O2/c1-5-9-18(10-6-2)15(20)14(19)17(4)13-7-11-16(3)12-8-13/h13H,5-12H2,1-4H3. The zero-order chi connectivity index (χ0) is 15.1. The van der Waals surface area contributed by atoms with Gasteiger partial charge < -0.3 is 14.7 Å². The van der Waals surface area contributed by atoms with Crippen molar-refractivity contribution in [2.24, 2.45) is 0 Å². The molecule has 1 aliphatic rings. The van der Waals surface area contributed by atoms with E-state index in [-0.39, 0.29) is 17.9 Å². The van der Waals surface area contributed by atoms with Gasteiger partial charge in [0.15, 0.2) is 0 Å². The fourth-order valence-electron chi connectivity index (χ4n) is 2.69. The van der Waals surface area contributed by atoms with Gasteiger partial charge in [0.05, 0.1) is 0 Å². The summed E-state index contributed by atoms with van der Waals surface area (Å²) in [4.78, 5) is 30.2. The molecule has 2 amide bonds. The number of hydrogen-bond donors (Lipinski definition) is 0. The normalized spacial score (nSPS) is 17.0. The van der Waals surface area contributed by atoms with Gasteiger partial charge in [-0.2, -0.15) is 0 Å². The highest BCUT2D eigenvalue weighted by Crippen LogP contribution is 2.14. The molecule has 1 saturated heterocycles. The Kier molecular flexibility index (Phi) is 6.99. The van der Waals surface area contributed by atoms with Gasteiger partial charge in [-0.1, -0.05) is 13.8 Å². The molecule has 0 unspecified atom stereocenters. The minimum Gasteiger partial charge on any atom is -0.334 e. The second kappa shape index (κ2) is 8.25. The first-order chi connectivity index (χ1) is 9.51. The van der Waals surface area contributed by atoms with Crippen molar-refractivity contribution < 1.29 is 9.59 Å². The van der Waals surface area contributed by atoms with E-state index in [9.17, 15) is 9.59 Å². The van der Waals surface area contributed by atoms with Gasteiger partial charge in [-0.15, -0.1) is 0 Å². The van der Waals surface area contributed by atoms with E-state index >= 15 is 0 Å². The van der Waals surface area contributed by atoms with E-state index in [2.05, 4.69) is 11.9 Å². The van der Waals surface area contributed by atoms with Crippen LogP contribution < -0.4 is 0 Å². The summed E-state index contributed by atoms with van der Waals surface area (Å²) in [6.07, 6.45) is 3.68. The molecular formula is C15H29N3O2. The number of carbonyl (C=O) groups excluding carboxylic acids is 2. The molecule has 0 N–H and O–H groups in total. The van der Waals surface area contributed by atoms with Crippen LogP contribution in [0.2, 0.25) is 0 Å². The lowest BCUT2D eigenvalue weighted by atomic mass is 10.0. The minimum absolute atomic E-state index is 0.202. The number of hydrogen-bond acceptors (Lipinski definition) is 3. The predicted molar refractivity (Wildman–Crippen MR) is 80.5 cm³/mol. The Balaban J connectivity index is 2.59. The molecule has 5 heteroatoms. The van der Waals surface area contributed by atoms with E-state index in [1.165, 1.54) is 0 Å². The quantitative estimate of drug-likeness (QED) is 0.712. The Bertz CT molecular complexity index is 319. The Labute approximate surface area is 122 Å². The number of rotatable bonds is 5. The molecule has 0 atom stereocenters. The summed E-state index contributed by atoms with van der Waals surface area (Å²) in [7, 11) is 3.86. The smallest absolute Gasteiger partial charge is 0.312 e. The van der Waals surface area contributed by atoms with Crippen LogP contribution in [0.4, 0.5) is 0 Å². The Morgan fingerprint density at radius 3 is 2.00 bits per heavy atom. The molecule has 0 saturated carbocycles. The van der Waals surface area contributed by atoms with E-state index in [0.717, 1.165) is 38.8 Å². The van der Waals surface area contributed by atoms with Crippen molar-refractivity contribution in [2.75, 3.05) is 40.3 Å². The second-order valence-corrected chi connectivity index (χ2v) is 5.74. The van der Waals surface area contributed by atoms with Crippen LogP contribution in [0.3, 0.4) is 0 Å². The van der Waals surface area contributed by atoms with Crippen LogP contribution in [0.5, 0.6) is 0 Å². The zero-order valence-corrected chi connectivity index (χ0v) is 13.4. The maximum absolute atomic E-state index is 12.3. The fraction of sp³-hybridized carbons (Fsp3) is 0.867. The summed E-state index contributed by atoms with van der Waals surface area (Å²) < 4.78 is 0. The number of carbonyl (C=O) groups is 2. The third-order valence-corrected chi connectivity index (χ3v) is 4.01. The topological polar surface area (TPSA) is 43.9 Å². The van der Waals surface area contributed by atoms with Crippen LogP contribution in [-0.2, 0) is 9.59 Å². The maximum atomic E-state index is 12.3. The highest BCUT2D eigenvalue weighted by Gasteiger charge is 2.30. The number of likely N-dealkylation sites (tertiary alicyclic amines) is 1. The van der Waals surface area contributed by atoms with Crippen molar-refractivity contribution in [3.63, 3.8) is 0 Å². The molecule has 0 aromatic carbocycles. The van der Waals surface area contributed by atoms with Gasteiger partial charge in [0.25, 0.3) is 0 Å². The fourth-order valence-corrected chi connectivity index (χ4v) is 2.69. The van der Waals surface area contributed by atoms with Crippen molar-refractivity contribution in [2.45, 2.75) is 45.6 Å². The zero-order valence-electron chi connectivity index (χ0n) is 13.4. The summed E-state index contributed by atoms with van der Waals surface area (Å²) >= 11 is 0. The van der Waals surface area contributed by atoms with Gasteiger partial charge in [0, 0.05) is 26.2 Å².